The zero-order valence-electron chi connectivity index (χ0n) is 13.4. The fraction of sp³-hybridized carbons (Fsp3) is 0.368. The van der Waals surface area contributed by atoms with Gasteiger partial charge < -0.3 is 9.88 Å². The van der Waals surface area contributed by atoms with E-state index in [9.17, 15) is 4.39 Å². The van der Waals surface area contributed by atoms with E-state index in [0.717, 1.165) is 46.6 Å². The van der Waals surface area contributed by atoms with Gasteiger partial charge in [-0.3, -0.25) is 0 Å². The SMILES string of the molecule is CC(C)c1cc2cc(Cl)c(N3CC4=C(C3)C(F)=CCC4)cc2[nH]1. The number of aromatic nitrogens is 1. The molecule has 120 valence electrons. The van der Waals surface area contributed by atoms with Crippen LogP contribution in [0.2, 0.25) is 5.02 Å². The van der Waals surface area contributed by atoms with Crippen molar-refractivity contribution in [1.82, 2.24) is 4.98 Å². The Labute approximate surface area is 140 Å². The average molecular weight is 331 g/mol. The predicted molar refractivity (Wildman–Crippen MR) is 95.1 cm³/mol. The summed E-state index contributed by atoms with van der Waals surface area (Å²) in [6.45, 7) is 5.72. The number of hydrogen-bond acceptors (Lipinski definition) is 1. The predicted octanol–water partition coefficient (Wildman–Crippen LogP) is 5.71. The van der Waals surface area contributed by atoms with E-state index in [2.05, 4.69) is 35.9 Å². The number of benzene rings is 1. The maximum Gasteiger partial charge on any atom is 0.124 e. The van der Waals surface area contributed by atoms with Crippen LogP contribution in [0.3, 0.4) is 0 Å². The van der Waals surface area contributed by atoms with Crippen LogP contribution >= 0.6 is 11.6 Å². The van der Waals surface area contributed by atoms with Crippen LogP contribution in [0.1, 0.15) is 38.3 Å². The van der Waals surface area contributed by atoms with Crippen LogP contribution in [0.25, 0.3) is 10.9 Å². The lowest BCUT2D eigenvalue weighted by Crippen LogP contribution is -2.20. The molecule has 1 aromatic carbocycles. The van der Waals surface area contributed by atoms with Gasteiger partial charge in [-0.05, 0) is 48.6 Å². The standard InChI is InChI=1S/C19H20ClFN2/c1-11(2)17-7-13-6-15(20)19(8-18(13)22-17)23-9-12-4-3-5-16(21)14(12)10-23/h5-8,11,22H,3-4,9-10H2,1-2H3. The summed E-state index contributed by atoms with van der Waals surface area (Å²) >= 11 is 6.52. The molecule has 23 heavy (non-hydrogen) atoms. The molecule has 1 aromatic heterocycles. The third-order valence-electron chi connectivity index (χ3n) is 4.89. The highest BCUT2D eigenvalue weighted by atomic mass is 35.5. The zero-order valence-corrected chi connectivity index (χ0v) is 14.2. The number of halogens is 2. The maximum absolute atomic E-state index is 14.0. The van der Waals surface area contributed by atoms with E-state index < -0.39 is 0 Å². The third kappa shape index (κ3) is 2.47. The highest BCUT2D eigenvalue weighted by molar-refractivity contribution is 6.34. The van der Waals surface area contributed by atoms with Crippen molar-refractivity contribution in [2.75, 3.05) is 18.0 Å². The minimum absolute atomic E-state index is 0.0482. The molecule has 0 unspecified atom stereocenters. The molecule has 0 saturated carbocycles. The number of allylic oxidation sites excluding steroid dienone is 1. The second-order valence-electron chi connectivity index (χ2n) is 6.80. The number of fused-ring (bicyclic) bond motifs is 1. The summed E-state index contributed by atoms with van der Waals surface area (Å²) in [7, 11) is 0. The molecular formula is C19H20ClFN2. The molecule has 2 aromatic rings. The van der Waals surface area contributed by atoms with Gasteiger partial charge in [-0.1, -0.05) is 25.4 Å². The number of H-pyrrole nitrogens is 1. The molecule has 0 atom stereocenters. The van der Waals surface area contributed by atoms with Crippen molar-refractivity contribution in [3.05, 3.63) is 52.0 Å². The van der Waals surface area contributed by atoms with E-state index in [0.29, 0.717) is 12.5 Å². The lowest BCUT2D eigenvalue weighted by molar-refractivity contribution is 0.631. The molecule has 1 aliphatic carbocycles. The van der Waals surface area contributed by atoms with Crippen LogP contribution in [-0.2, 0) is 0 Å². The number of nitrogens with one attached hydrogen (secondary N) is 1. The summed E-state index contributed by atoms with van der Waals surface area (Å²) in [4.78, 5) is 5.65. The topological polar surface area (TPSA) is 19.0 Å². The van der Waals surface area contributed by atoms with Crippen LogP contribution in [0.15, 0.2) is 41.2 Å². The maximum atomic E-state index is 14.0. The summed E-state index contributed by atoms with van der Waals surface area (Å²) in [6.07, 6.45) is 3.46. The van der Waals surface area contributed by atoms with Crippen molar-refractivity contribution >= 4 is 28.2 Å². The minimum Gasteiger partial charge on any atom is -0.362 e. The molecule has 0 amide bonds. The molecule has 4 heteroatoms. The first-order chi connectivity index (χ1) is 11.0. The molecule has 0 bridgehead atoms. The summed E-state index contributed by atoms with van der Waals surface area (Å²) in [6, 6.07) is 6.27. The molecular weight excluding hydrogens is 311 g/mol. The highest BCUT2D eigenvalue weighted by Crippen LogP contribution is 2.39. The summed E-state index contributed by atoms with van der Waals surface area (Å²) in [5.41, 5.74) is 5.37. The molecule has 0 fully saturated rings. The molecule has 2 heterocycles. The van der Waals surface area contributed by atoms with E-state index in [-0.39, 0.29) is 5.83 Å². The molecule has 1 aliphatic heterocycles. The second kappa shape index (κ2) is 5.41. The lowest BCUT2D eigenvalue weighted by atomic mass is 10.00. The first-order valence-corrected chi connectivity index (χ1v) is 8.55. The van der Waals surface area contributed by atoms with Crippen molar-refractivity contribution in [3.63, 3.8) is 0 Å². The van der Waals surface area contributed by atoms with E-state index in [1.807, 2.05) is 6.07 Å². The van der Waals surface area contributed by atoms with Gasteiger partial charge in [-0.15, -0.1) is 0 Å². The minimum atomic E-state index is -0.0482. The molecule has 4 rings (SSSR count). The van der Waals surface area contributed by atoms with Crippen LogP contribution in [-0.4, -0.2) is 18.1 Å². The van der Waals surface area contributed by atoms with Gasteiger partial charge in [0.1, 0.15) is 5.83 Å². The Bertz CT molecular complexity index is 844. The first kappa shape index (κ1) is 14.8. The lowest BCUT2D eigenvalue weighted by Gasteiger charge is -2.20. The van der Waals surface area contributed by atoms with Crippen LogP contribution in [0, 0.1) is 0 Å². The molecule has 2 aliphatic rings. The van der Waals surface area contributed by atoms with Gasteiger partial charge in [-0.25, -0.2) is 4.39 Å². The normalized spacial score (nSPS) is 18.1. The van der Waals surface area contributed by atoms with Gasteiger partial charge in [0, 0.05) is 35.3 Å². The van der Waals surface area contributed by atoms with Crippen molar-refractivity contribution in [2.45, 2.75) is 32.6 Å². The Morgan fingerprint density at radius 2 is 2.04 bits per heavy atom. The monoisotopic (exact) mass is 330 g/mol. The van der Waals surface area contributed by atoms with Crippen LogP contribution in [0.4, 0.5) is 10.1 Å². The quantitative estimate of drug-likeness (QED) is 0.747. The Kier molecular flexibility index (Phi) is 3.49. The molecule has 0 spiro atoms. The van der Waals surface area contributed by atoms with Gasteiger partial charge in [-0.2, -0.15) is 0 Å². The highest BCUT2D eigenvalue weighted by Gasteiger charge is 2.28. The van der Waals surface area contributed by atoms with Crippen molar-refractivity contribution in [1.29, 1.82) is 0 Å². The number of hydrogen-bond donors (Lipinski definition) is 1. The summed E-state index contributed by atoms with van der Waals surface area (Å²) < 4.78 is 14.0. The van der Waals surface area contributed by atoms with Crippen molar-refractivity contribution in [2.24, 2.45) is 0 Å². The fourth-order valence-electron chi connectivity index (χ4n) is 3.54. The van der Waals surface area contributed by atoms with Gasteiger partial charge in [0.25, 0.3) is 0 Å². The second-order valence-corrected chi connectivity index (χ2v) is 7.21. The van der Waals surface area contributed by atoms with E-state index in [1.54, 1.807) is 6.08 Å². The van der Waals surface area contributed by atoms with Crippen LogP contribution in [0.5, 0.6) is 0 Å². The van der Waals surface area contributed by atoms with E-state index >= 15 is 0 Å². The molecule has 1 N–H and O–H groups in total. The van der Waals surface area contributed by atoms with Crippen molar-refractivity contribution in [3.8, 4) is 0 Å². The Morgan fingerprint density at radius 3 is 2.78 bits per heavy atom. The largest absolute Gasteiger partial charge is 0.362 e. The fourth-order valence-corrected chi connectivity index (χ4v) is 3.83. The third-order valence-corrected chi connectivity index (χ3v) is 5.19. The Balaban J connectivity index is 1.70. The smallest absolute Gasteiger partial charge is 0.124 e. The van der Waals surface area contributed by atoms with Crippen LogP contribution < -0.4 is 4.90 Å². The first-order valence-electron chi connectivity index (χ1n) is 8.17. The summed E-state index contributed by atoms with van der Waals surface area (Å²) in [5.74, 6) is 0.401. The molecule has 0 saturated heterocycles. The molecule has 2 nitrogen and oxygen atoms in total. The number of aromatic amines is 1. The number of rotatable bonds is 2. The van der Waals surface area contributed by atoms with Gasteiger partial charge in [0.05, 0.1) is 10.7 Å². The average Bonchev–Trinajstić information content (AvgIpc) is 3.10. The van der Waals surface area contributed by atoms with Gasteiger partial charge in [0.15, 0.2) is 0 Å². The zero-order chi connectivity index (χ0) is 16.1. The van der Waals surface area contributed by atoms with Crippen molar-refractivity contribution < 1.29 is 4.39 Å². The van der Waals surface area contributed by atoms with E-state index in [1.165, 1.54) is 11.3 Å². The Morgan fingerprint density at radius 1 is 1.22 bits per heavy atom. The van der Waals surface area contributed by atoms with Gasteiger partial charge in [0.2, 0.25) is 0 Å². The molecule has 0 radical (unpaired) electrons. The number of anilines is 1. The summed E-state index contributed by atoms with van der Waals surface area (Å²) in [5, 5.41) is 1.86. The Hall–Kier alpha value is -1.74. The van der Waals surface area contributed by atoms with E-state index in [4.69, 9.17) is 11.6 Å². The number of nitrogens with zero attached hydrogens (tertiary/aromatic N) is 1. The van der Waals surface area contributed by atoms with Gasteiger partial charge >= 0.3 is 0 Å².